The number of benzene rings is 2. The summed E-state index contributed by atoms with van der Waals surface area (Å²) in [5, 5.41) is 3.98. The molecule has 29 heavy (non-hydrogen) atoms. The van der Waals surface area contributed by atoms with Crippen molar-refractivity contribution in [2.45, 2.75) is 6.92 Å². The van der Waals surface area contributed by atoms with Crippen molar-refractivity contribution in [2.24, 2.45) is 5.10 Å². The third-order valence-corrected chi connectivity index (χ3v) is 4.84. The molecule has 1 amide bonds. The van der Waals surface area contributed by atoms with Crippen molar-refractivity contribution in [3.05, 3.63) is 92.1 Å². The minimum absolute atomic E-state index is 0.293. The number of amides is 1. The number of hydrogen-bond acceptors (Lipinski definition) is 5. The molecule has 0 spiro atoms. The number of ether oxygens (including phenoxy) is 1. The van der Waals surface area contributed by atoms with Crippen molar-refractivity contribution in [2.75, 3.05) is 0 Å². The summed E-state index contributed by atoms with van der Waals surface area (Å²) in [5.41, 5.74) is 4.76. The van der Waals surface area contributed by atoms with Crippen molar-refractivity contribution in [3.8, 4) is 5.75 Å². The molecular weight excluding hydrogens is 502 g/mol. The number of carbonyl (C=O) groups is 2. The Kier molecular flexibility index (Phi) is 6.90. The average molecular weight is 517 g/mol. The van der Waals surface area contributed by atoms with E-state index in [1.807, 2.05) is 13.0 Å². The van der Waals surface area contributed by atoms with E-state index in [9.17, 15) is 9.59 Å². The highest BCUT2D eigenvalue weighted by molar-refractivity contribution is 9.11. The number of esters is 1. The quantitative estimate of drug-likeness (QED) is 0.226. The van der Waals surface area contributed by atoms with E-state index in [-0.39, 0.29) is 5.91 Å². The average Bonchev–Trinajstić information content (AvgIpc) is 2.71. The molecule has 0 bridgehead atoms. The molecule has 2 aromatic carbocycles. The van der Waals surface area contributed by atoms with Crippen LogP contribution in [0.3, 0.4) is 0 Å². The van der Waals surface area contributed by atoms with Gasteiger partial charge in [0.05, 0.1) is 16.3 Å². The number of halogens is 2. The molecule has 0 aliphatic heterocycles. The lowest BCUT2D eigenvalue weighted by Gasteiger charge is -2.11. The molecule has 146 valence electrons. The number of nitrogens with zero attached hydrogens (tertiary/aromatic N) is 2. The number of carbonyl (C=O) groups excluding carboxylic acids is 2. The van der Waals surface area contributed by atoms with Crippen molar-refractivity contribution >= 4 is 50.0 Å². The Morgan fingerprint density at radius 3 is 2.55 bits per heavy atom. The summed E-state index contributed by atoms with van der Waals surface area (Å²) >= 11 is 6.81. The molecule has 0 radical (unpaired) electrons. The van der Waals surface area contributed by atoms with Crippen LogP contribution in [0, 0.1) is 6.92 Å². The lowest BCUT2D eigenvalue weighted by atomic mass is 10.1. The molecule has 8 heteroatoms. The molecule has 3 rings (SSSR count). The summed E-state index contributed by atoms with van der Waals surface area (Å²) in [6.07, 6.45) is 4.45. The maximum Gasteiger partial charge on any atom is 0.343 e. The molecule has 0 aliphatic rings. The van der Waals surface area contributed by atoms with Gasteiger partial charge in [-0.1, -0.05) is 33.6 Å². The fourth-order valence-corrected chi connectivity index (χ4v) is 3.77. The van der Waals surface area contributed by atoms with Crippen LogP contribution in [0.1, 0.15) is 31.8 Å². The highest BCUT2D eigenvalue weighted by atomic mass is 79.9. The van der Waals surface area contributed by atoms with Gasteiger partial charge in [-0.25, -0.2) is 10.2 Å². The first-order valence-corrected chi connectivity index (χ1v) is 10.0. The van der Waals surface area contributed by atoms with Gasteiger partial charge in [0.25, 0.3) is 5.91 Å². The van der Waals surface area contributed by atoms with Crippen LogP contribution < -0.4 is 10.2 Å². The van der Waals surface area contributed by atoms with Gasteiger partial charge >= 0.3 is 5.97 Å². The third kappa shape index (κ3) is 5.58. The van der Waals surface area contributed by atoms with Gasteiger partial charge in [0.1, 0.15) is 0 Å². The summed E-state index contributed by atoms with van der Waals surface area (Å²) in [5.74, 6) is -0.579. The van der Waals surface area contributed by atoms with Gasteiger partial charge in [0.2, 0.25) is 0 Å². The van der Waals surface area contributed by atoms with Gasteiger partial charge in [-0.2, -0.15) is 5.10 Å². The standard InChI is InChI=1S/C21H15Br2N3O3/c1-13-3-2-4-15(9-13)21(28)29-19-16(10-17(22)11-18(19)23)12-25-26-20(27)14-5-7-24-8-6-14/h2-12H,1H3,(H,26,27)/b25-12+. The van der Waals surface area contributed by atoms with Crippen molar-refractivity contribution in [3.63, 3.8) is 0 Å². The van der Waals surface area contributed by atoms with Gasteiger partial charge in [-0.05, 0) is 59.3 Å². The topological polar surface area (TPSA) is 80.6 Å². The molecule has 6 nitrogen and oxygen atoms in total. The third-order valence-electron chi connectivity index (χ3n) is 3.80. The second-order valence-electron chi connectivity index (χ2n) is 6.00. The van der Waals surface area contributed by atoms with Crippen LogP contribution in [0.5, 0.6) is 5.75 Å². The molecule has 0 saturated carbocycles. The Morgan fingerprint density at radius 1 is 1.07 bits per heavy atom. The van der Waals surface area contributed by atoms with Crippen LogP contribution in [0.15, 0.2) is 75.0 Å². The van der Waals surface area contributed by atoms with E-state index in [1.54, 1.807) is 42.5 Å². The first-order valence-electron chi connectivity index (χ1n) is 8.45. The fourth-order valence-electron chi connectivity index (χ4n) is 2.44. The SMILES string of the molecule is Cc1cccc(C(=O)Oc2c(Br)cc(Br)cc2/C=N/NC(=O)c2ccncc2)c1. The second kappa shape index (κ2) is 9.58. The summed E-state index contributed by atoms with van der Waals surface area (Å²) in [6.45, 7) is 1.90. The Morgan fingerprint density at radius 2 is 1.83 bits per heavy atom. The van der Waals surface area contributed by atoms with Gasteiger partial charge in [0.15, 0.2) is 5.75 Å². The molecule has 0 aliphatic carbocycles. The largest absolute Gasteiger partial charge is 0.421 e. The number of hydrogen-bond donors (Lipinski definition) is 1. The lowest BCUT2D eigenvalue weighted by molar-refractivity contribution is 0.0732. The first-order chi connectivity index (χ1) is 13.9. The molecule has 1 aromatic heterocycles. The molecule has 0 saturated heterocycles. The van der Waals surface area contributed by atoms with Crippen LogP contribution >= 0.6 is 31.9 Å². The number of nitrogens with one attached hydrogen (secondary N) is 1. The summed E-state index contributed by atoms with van der Waals surface area (Å²) in [7, 11) is 0. The van der Waals surface area contributed by atoms with Gasteiger partial charge in [0, 0.05) is 28.0 Å². The van der Waals surface area contributed by atoms with Crippen molar-refractivity contribution < 1.29 is 14.3 Å². The molecule has 0 atom stereocenters. The lowest BCUT2D eigenvalue weighted by Crippen LogP contribution is -2.17. The molecule has 3 aromatic rings. The number of rotatable bonds is 5. The summed E-state index contributed by atoms with van der Waals surface area (Å²) in [6, 6.07) is 13.8. The number of hydrazone groups is 1. The predicted octanol–water partition coefficient (Wildman–Crippen LogP) is 4.90. The first kappa shape index (κ1) is 20.9. The second-order valence-corrected chi connectivity index (χ2v) is 7.77. The number of aryl methyl sites for hydroxylation is 1. The molecule has 1 N–H and O–H groups in total. The van der Waals surface area contributed by atoms with E-state index in [0.717, 1.165) is 10.0 Å². The van der Waals surface area contributed by atoms with Gasteiger partial charge < -0.3 is 4.74 Å². The van der Waals surface area contributed by atoms with E-state index < -0.39 is 5.97 Å². The van der Waals surface area contributed by atoms with E-state index in [2.05, 4.69) is 47.4 Å². The van der Waals surface area contributed by atoms with Gasteiger partial charge in [-0.15, -0.1) is 0 Å². The zero-order chi connectivity index (χ0) is 20.8. The van der Waals surface area contributed by atoms with Crippen LogP contribution in [0.2, 0.25) is 0 Å². The van der Waals surface area contributed by atoms with Crippen LogP contribution in [-0.2, 0) is 0 Å². The minimum Gasteiger partial charge on any atom is -0.421 e. The van der Waals surface area contributed by atoms with Crippen molar-refractivity contribution in [1.29, 1.82) is 0 Å². The normalized spacial score (nSPS) is 10.7. The maximum atomic E-state index is 12.5. The Hall–Kier alpha value is -2.84. The van der Waals surface area contributed by atoms with E-state index >= 15 is 0 Å². The van der Waals surface area contributed by atoms with Crippen LogP contribution in [-0.4, -0.2) is 23.1 Å². The highest BCUT2D eigenvalue weighted by Gasteiger charge is 2.15. The molecule has 0 fully saturated rings. The molecule has 1 heterocycles. The zero-order valence-electron chi connectivity index (χ0n) is 15.2. The Balaban J connectivity index is 1.81. The van der Waals surface area contributed by atoms with Crippen LogP contribution in [0.4, 0.5) is 0 Å². The summed E-state index contributed by atoms with van der Waals surface area (Å²) < 4.78 is 6.91. The zero-order valence-corrected chi connectivity index (χ0v) is 18.4. The molecular formula is C21H15Br2N3O3. The van der Waals surface area contributed by atoms with Gasteiger partial charge in [-0.3, -0.25) is 9.78 Å². The van der Waals surface area contributed by atoms with E-state index in [4.69, 9.17) is 4.74 Å². The van der Waals surface area contributed by atoms with E-state index in [0.29, 0.717) is 26.9 Å². The van der Waals surface area contributed by atoms with Crippen LogP contribution in [0.25, 0.3) is 0 Å². The number of pyridine rings is 1. The number of aromatic nitrogens is 1. The van der Waals surface area contributed by atoms with E-state index in [1.165, 1.54) is 18.6 Å². The molecule has 0 unspecified atom stereocenters. The highest BCUT2D eigenvalue weighted by Crippen LogP contribution is 2.32. The maximum absolute atomic E-state index is 12.5. The monoisotopic (exact) mass is 515 g/mol. The predicted molar refractivity (Wildman–Crippen MR) is 117 cm³/mol. The minimum atomic E-state index is -0.493. The van der Waals surface area contributed by atoms with Crippen molar-refractivity contribution in [1.82, 2.24) is 10.4 Å². The fraction of sp³-hybridized carbons (Fsp3) is 0.0476. The smallest absolute Gasteiger partial charge is 0.343 e. The summed E-state index contributed by atoms with van der Waals surface area (Å²) in [4.78, 5) is 28.5. The Labute approximate surface area is 184 Å². The Bertz CT molecular complexity index is 1090.